The van der Waals surface area contributed by atoms with Gasteiger partial charge in [-0.15, -0.1) is 5.10 Å². The van der Waals surface area contributed by atoms with Gasteiger partial charge in [-0.05, 0) is 18.8 Å². The van der Waals surface area contributed by atoms with E-state index in [4.69, 9.17) is 4.74 Å². The van der Waals surface area contributed by atoms with Crippen LogP contribution >= 0.6 is 0 Å². The third-order valence-electron chi connectivity index (χ3n) is 5.50. The molecule has 0 aliphatic carbocycles. The fraction of sp³-hybridized carbons (Fsp3) is 0.760. The predicted octanol–water partition coefficient (Wildman–Crippen LogP) is -2.26. The fourth-order valence-corrected chi connectivity index (χ4v) is 3.68. The summed E-state index contributed by atoms with van der Waals surface area (Å²) in [6.45, 7) is 11.0. The molecule has 0 aliphatic rings. The Labute approximate surface area is 230 Å². The van der Waals surface area contributed by atoms with Crippen LogP contribution < -0.4 is 32.3 Å². The van der Waals surface area contributed by atoms with E-state index in [0.29, 0.717) is 32.7 Å². The van der Waals surface area contributed by atoms with E-state index in [9.17, 15) is 19.2 Å². The number of rotatable bonds is 21. The van der Waals surface area contributed by atoms with E-state index >= 15 is 0 Å². The first kappa shape index (κ1) is 33.9. The van der Waals surface area contributed by atoms with Crippen molar-refractivity contribution in [3.05, 3.63) is 11.9 Å². The van der Waals surface area contributed by atoms with Gasteiger partial charge in [0.25, 0.3) is 0 Å². The Balaban J connectivity index is 2.62. The molecule has 1 aromatic rings. The highest BCUT2D eigenvalue weighted by molar-refractivity contribution is 5.94. The minimum absolute atomic E-state index is 0.127. The summed E-state index contributed by atoms with van der Waals surface area (Å²) in [4.78, 5) is 50.0. The third-order valence-corrected chi connectivity index (χ3v) is 5.50. The van der Waals surface area contributed by atoms with Crippen molar-refractivity contribution in [3.8, 4) is 0 Å². The highest BCUT2D eigenvalue weighted by Gasteiger charge is 2.28. The summed E-state index contributed by atoms with van der Waals surface area (Å²) in [5.74, 6) is -1.63. The molecule has 0 fully saturated rings. The van der Waals surface area contributed by atoms with Gasteiger partial charge in [-0.2, -0.15) is 0 Å². The van der Waals surface area contributed by atoms with Crippen LogP contribution in [-0.4, -0.2) is 96.6 Å². The molecule has 0 aliphatic heterocycles. The maximum Gasteiger partial charge on any atom is 0.243 e. The maximum atomic E-state index is 12.9. The molecular weight excluding hydrogens is 506 g/mol. The van der Waals surface area contributed by atoms with E-state index in [-0.39, 0.29) is 37.3 Å². The Morgan fingerprint density at radius 1 is 1.00 bits per heavy atom. The number of carbonyl (C=O) groups excluding carboxylic acids is 4. The summed E-state index contributed by atoms with van der Waals surface area (Å²) >= 11 is 0. The molecule has 0 saturated heterocycles. The van der Waals surface area contributed by atoms with Crippen molar-refractivity contribution in [2.45, 2.75) is 72.0 Å². The second kappa shape index (κ2) is 19.9. The summed E-state index contributed by atoms with van der Waals surface area (Å²) in [7, 11) is 0. The third kappa shape index (κ3) is 15.8. The lowest BCUT2D eigenvalue weighted by molar-refractivity contribution is -0.365. The normalized spacial score (nSPS) is 12.6. The number of aryl methyl sites for hydroxylation is 1. The average molecular weight is 555 g/mol. The highest BCUT2D eigenvalue weighted by atomic mass is 16.5. The molecular formula is C25H48N9O5+. The second-order valence-electron chi connectivity index (χ2n) is 9.73. The molecule has 1 rings (SSSR count). The molecule has 0 spiro atoms. The van der Waals surface area contributed by atoms with Gasteiger partial charge in [0.2, 0.25) is 23.6 Å². The van der Waals surface area contributed by atoms with E-state index < -0.39 is 23.9 Å². The molecule has 1 heterocycles. The van der Waals surface area contributed by atoms with Crippen molar-refractivity contribution >= 4 is 23.6 Å². The number of hydrogen-bond acceptors (Lipinski definition) is 8. The number of hydrogen-bond donors (Lipinski definition) is 6. The summed E-state index contributed by atoms with van der Waals surface area (Å²) < 4.78 is 7.29. The van der Waals surface area contributed by atoms with Crippen LogP contribution in [0.4, 0.5) is 0 Å². The van der Waals surface area contributed by atoms with Gasteiger partial charge in [0, 0.05) is 39.3 Å². The van der Waals surface area contributed by atoms with Crippen LogP contribution in [0.15, 0.2) is 6.20 Å². The molecule has 8 N–H and O–H groups in total. The zero-order chi connectivity index (χ0) is 29.0. The number of quaternary nitrogens is 1. The first-order valence-electron chi connectivity index (χ1n) is 13.7. The number of aromatic nitrogens is 3. The highest BCUT2D eigenvalue weighted by Crippen LogP contribution is 2.06. The lowest BCUT2D eigenvalue weighted by Gasteiger charge is -2.23. The van der Waals surface area contributed by atoms with Crippen molar-refractivity contribution in [1.29, 1.82) is 0 Å². The Morgan fingerprint density at radius 2 is 1.77 bits per heavy atom. The van der Waals surface area contributed by atoms with E-state index in [1.807, 2.05) is 20.0 Å². The number of nitrogens with zero attached hydrogens (tertiary/aromatic N) is 3. The summed E-state index contributed by atoms with van der Waals surface area (Å²) in [6, 6.07) is -1.92. The van der Waals surface area contributed by atoms with Crippen LogP contribution in [0.5, 0.6) is 0 Å². The molecule has 0 radical (unpaired) electrons. The van der Waals surface area contributed by atoms with Crippen molar-refractivity contribution in [2.75, 3.05) is 45.9 Å². The zero-order valence-electron chi connectivity index (χ0n) is 23.9. The Bertz CT molecular complexity index is 878. The first-order chi connectivity index (χ1) is 18.7. The van der Waals surface area contributed by atoms with Gasteiger partial charge in [0.1, 0.15) is 12.1 Å². The molecule has 14 nitrogen and oxygen atoms in total. The largest absolute Gasteiger partial charge is 0.378 e. The minimum atomic E-state index is -1.11. The standard InChI is InChI=1S/C25H47N9O5/c1-5-6-20-17-34(33-32-20)12-14-39-13-11-29-24(37)22(16-23(36)28-10-9-27-8-7-26)31-25(38)21(15-18(2)3)30-19(4)35/h17-18,21-22,27H,5-16,26H2,1-4H3,(H,28,36)(H,29,37)(H,30,35)(H,31,38)/p+1/t21-,22+/m1/s1. The van der Waals surface area contributed by atoms with Crippen LogP contribution in [0.1, 0.15) is 52.7 Å². The topological polar surface area (TPSA) is 196 Å². The van der Waals surface area contributed by atoms with Gasteiger partial charge < -0.3 is 37.1 Å². The Hall–Kier alpha value is -3.10. The van der Waals surface area contributed by atoms with Crippen molar-refractivity contribution in [2.24, 2.45) is 5.92 Å². The molecule has 0 aromatic carbocycles. The fourth-order valence-electron chi connectivity index (χ4n) is 3.68. The molecule has 0 unspecified atom stereocenters. The van der Waals surface area contributed by atoms with Crippen molar-refractivity contribution < 1.29 is 29.6 Å². The minimum Gasteiger partial charge on any atom is -0.378 e. The van der Waals surface area contributed by atoms with Crippen molar-refractivity contribution in [1.82, 2.24) is 41.6 Å². The Kier molecular flexibility index (Phi) is 17.3. The maximum absolute atomic E-state index is 12.9. The van der Waals surface area contributed by atoms with E-state index in [2.05, 4.69) is 49.6 Å². The monoisotopic (exact) mass is 554 g/mol. The average Bonchev–Trinajstić information content (AvgIpc) is 3.31. The van der Waals surface area contributed by atoms with Crippen LogP contribution in [0, 0.1) is 5.92 Å². The van der Waals surface area contributed by atoms with E-state index in [0.717, 1.165) is 31.6 Å². The zero-order valence-corrected chi connectivity index (χ0v) is 23.9. The number of carbonyl (C=O) groups is 4. The molecule has 0 saturated carbocycles. The quantitative estimate of drug-likeness (QED) is 0.0915. The number of nitrogens with one attached hydrogen (secondary N) is 5. The molecule has 0 bridgehead atoms. The SMILES string of the molecule is CCCc1cn(CCOCCNC(=O)[C@H](CC(=O)NCCNCC[NH3+])NC(=O)[C@@H](CC(C)C)NC(C)=O)nn1. The molecule has 222 valence electrons. The number of amides is 4. The molecule has 39 heavy (non-hydrogen) atoms. The van der Waals surface area contributed by atoms with Crippen LogP contribution in [0.25, 0.3) is 0 Å². The summed E-state index contributed by atoms with van der Waals surface area (Å²) in [5.41, 5.74) is 4.68. The van der Waals surface area contributed by atoms with Gasteiger partial charge in [0.05, 0.1) is 38.4 Å². The Morgan fingerprint density at radius 3 is 2.44 bits per heavy atom. The van der Waals surface area contributed by atoms with Crippen LogP contribution in [0.2, 0.25) is 0 Å². The molecule has 1 aromatic heterocycles. The lowest BCUT2D eigenvalue weighted by atomic mass is 10.0. The van der Waals surface area contributed by atoms with Crippen LogP contribution in [0.3, 0.4) is 0 Å². The second-order valence-corrected chi connectivity index (χ2v) is 9.73. The molecule has 2 atom stereocenters. The van der Waals surface area contributed by atoms with Gasteiger partial charge in [0.15, 0.2) is 0 Å². The van der Waals surface area contributed by atoms with E-state index in [1.165, 1.54) is 6.92 Å². The van der Waals surface area contributed by atoms with Crippen molar-refractivity contribution in [3.63, 3.8) is 0 Å². The summed E-state index contributed by atoms with van der Waals surface area (Å²) in [5, 5.41) is 22.0. The first-order valence-corrected chi connectivity index (χ1v) is 13.7. The van der Waals surface area contributed by atoms with Gasteiger partial charge in [-0.1, -0.05) is 32.4 Å². The predicted molar refractivity (Wildman–Crippen MR) is 145 cm³/mol. The van der Waals surface area contributed by atoms with Crippen LogP contribution in [-0.2, 0) is 36.9 Å². The van der Waals surface area contributed by atoms with E-state index in [1.54, 1.807) is 4.68 Å². The smallest absolute Gasteiger partial charge is 0.243 e. The van der Waals surface area contributed by atoms with Gasteiger partial charge >= 0.3 is 0 Å². The number of ether oxygens (including phenoxy) is 1. The molecule has 14 heteroatoms. The van der Waals surface area contributed by atoms with Gasteiger partial charge in [-0.25, -0.2) is 4.68 Å². The lowest BCUT2D eigenvalue weighted by Crippen LogP contribution is -2.55. The molecule has 4 amide bonds. The summed E-state index contributed by atoms with van der Waals surface area (Å²) in [6.07, 6.45) is 3.91. The van der Waals surface area contributed by atoms with Gasteiger partial charge in [-0.3, -0.25) is 19.2 Å².